The van der Waals surface area contributed by atoms with Crippen LogP contribution in [0.4, 0.5) is 5.69 Å². The maximum absolute atomic E-state index is 13.2. The first kappa shape index (κ1) is 26.8. The van der Waals surface area contributed by atoms with E-state index in [1.165, 1.54) is 4.90 Å². The molecule has 0 spiro atoms. The Morgan fingerprint density at radius 3 is 2.24 bits per heavy atom. The van der Waals surface area contributed by atoms with E-state index in [-0.39, 0.29) is 35.0 Å². The van der Waals surface area contributed by atoms with Gasteiger partial charge in [0.1, 0.15) is 0 Å². The van der Waals surface area contributed by atoms with Crippen LogP contribution in [0.3, 0.4) is 0 Å². The van der Waals surface area contributed by atoms with Crippen molar-refractivity contribution in [3.05, 3.63) is 94.5 Å². The molecule has 1 aromatic heterocycles. The van der Waals surface area contributed by atoms with E-state index >= 15 is 0 Å². The van der Waals surface area contributed by atoms with Gasteiger partial charge in [-0.2, -0.15) is 0 Å². The number of imide groups is 1. The summed E-state index contributed by atoms with van der Waals surface area (Å²) in [5.41, 5.74) is 3.77. The first-order valence-corrected chi connectivity index (χ1v) is 14.0. The Kier molecular flexibility index (Phi) is 7.14. The molecule has 0 bridgehead atoms. The van der Waals surface area contributed by atoms with Crippen LogP contribution in [-0.4, -0.2) is 35.2 Å². The second-order valence-corrected chi connectivity index (χ2v) is 11.0. The molecule has 2 heterocycles. The summed E-state index contributed by atoms with van der Waals surface area (Å²) < 4.78 is 5.43. The molecule has 0 N–H and O–H groups in total. The van der Waals surface area contributed by atoms with E-state index in [0.717, 1.165) is 31.2 Å². The van der Waals surface area contributed by atoms with E-state index in [9.17, 15) is 19.2 Å². The number of ether oxygens (including phenoxy) is 1. The zero-order valence-corrected chi connectivity index (χ0v) is 23.2. The number of nitrogens with zero attached hydrogens (tertiary/aromatic N) is 2. The fraction of sp³-hybridized carbons (Fsp3) is 0.242. The molecule has 1 aliphatic heterocycles. The molecule has 1 saturated heterocycles. The van der Waals surface area contributed by atoms with Crippen LogP contribution < -0.4 is 4.90 Å². The van der Waals surface area contributed by atoms with Gasteiger partial charge in [-0.25, -0.2) is 9.78 Å². The molecule has 2 atom stereocenters. The number of Topliss-reactive ketones (excluding diaryl/α,β-unsaturated/α-hetero) is 1. The minimum absolute atomic E-state index is 0.131. The molecular formula is C33H27ClN2O5. The summed E-state index contributed by atoms with van der Waals surface area (Å²) in [7, 11) is 0. The molecule has 4 aromatic rings. The van der Waals surface area contributed by atoms with Crippen molar-refractivity contribution in [3.8, 4) is 11.3 Å². The zero-order valence-electron chi connectivity index (χ0n) is 22.4. The molecule has 1 saturated carbocycles. The minimum atomic E-state index is -0.672. The number of ketones is 1. The molecular weight excluding hydrogens is 540 g/mol. The smallest absolute Gasteiger partial charge is 0.339 e. The van der Waals surface area contributed by atoms with Gasteiger partial charge in [-0.3, -0.25) is 19.3 Å². The number of benzene rings is 3. The van der Waals surface area contributed by atoms with Gasteiger partial charge in [0.2, 0.25) is 11.8 Å². The maximum atomic E-state index is 13.2. The molecule has 2 aliphatic rings. The molecule has 1 aliphatic carbocycles. The number of aryl methyl sites for hydroxylation is 1. The van der Waals surface area contributed by atoms with Gasteiger partial charge in [0.15, 0.2) is 12.4 Å². The van der Waals surface area contributed by atoms with Gasteiger partial charge in [0, 0.05) is 16.5 Å². The lowest BCUT2D eigenvalue weighted by Gasteiger charge is -2.19. The predicted octanol–water partition coefficient (Wildman–Crippen LogP) is 6.58. The van der Waals surface area contributed by atoms with Crippen LogP contribution in [0, 0.1) is 18.8 Å². The van der Waals surface area contributed by atoms with E-state index < -0.39 is 12.6 Å². The molecule has 2 fully saturated rings. The summed E-state index contributed by atoms with van der Waals surface area (Å²) in [4.78, 5) is 57.9. The Bertz CT molecular complexity index is 1670. The fourth-order valence-electron chi connectivity index (χ4n) is 5.76. The van der Waals surface area contributed by atoms with Crippen LogP contribution in [0.2, 0.25) is 5.02 Å². The molecule has 7 nitrogen and oxygen atoms in total. The number of fused-ring (bicyclic) bond motifs is 2. The second kappa shape index (κ2) is 10.9. The highest BCUT2D eigenvalue weighted by Gasteiger charge is 2.48. The topological polar surface area (TPSA) is 93.6 Å². The quantitative estimate of drug-likeness (QED) is 0.149. The highest BCUT2D eigenvalue weighted by atomic mass is 35.5. The maximum Gasteiger partial charge on any atom is 0.339 e. The van der Waals surface area contributed by atoms with Crippen molar-refractivity contribution < 1.29 is 23.9 Å². The normalized spacial score (nSPS) is 18.4. The number of hydrogen-bond acceptors (Lipinski definition) is 6. The van der Waals surface area contributed by atoms with E-state index in [0.29, 0.717) is 38.4 Å². The SMILES string of the molecule is Cc1ccc(C(=O)COC(=O)c2cc(-c3ccc(N4C(=O)C5CCCCC5C4=O)cc3)nc3c(Cl)cccc23)cc1. The summed E-state index contributed by atoms with van der Waals surface area (Å²) in [5.74, 6) is -1.70. The zero-order chi connectivity index (χ0) is 28.7. The average Bonchev–Trinajstić information content (AvgIpc) is 3.25. The van der Waals surface area contributed by atoms with Gasteiger partial charge in [0.25, 0.3) is 0 Å². The van der Waals surface area contributed by atoms with Crippen LogP contribution in [0.1, 0.15) is 52.0 Å². The molecule has 3 aromatic carbocycles. The number of para-hydroxylation sites is 1. The van der Waals surface area contributed by atoms with E-state index in [4.69, 9.17) is 21.3 Å². The lowest BCUT2D eigenvalue weighted by Crippen LogP contribution is -2.30. The number of rotatable bonds is 6. The minimum Gasteiger partial charge on any atom is -0.454 e. The van der Waals surface area contributed by atoms with Crippen LogP contribution in [0.15, 0.2) is 72.8 Å². The molecule has 2 amide bonds. The largest absolute Gasteiger partial charge is 0.454 e. The van der Waals surface area contributed by atoms with Gasteiger partial charge < -0.3 is 4.74 Å². The standard InChI is InChI=1S/C33H27ClN2O5/c1-19-9-11-21(12-10-19)29(37)18-41-33(40)26-17-28(35-30-23(26)7-4-8-27(30)34)20-13-15-22(16-14-20)36-31(38)24-5-2-3-6-25(24)32(36)39/h4,7-17,24-25H,2-3,5-6,18H2,1H3. The van der Waals surface area contributed by atoms with Gasteiger partial charge in [-0.1, -0.05) is 78.5 Å². The van der Waals surface area contributed by atoms with Crippen LogP contribution in [-0.2, 0) is 14.3 Å². The van der Waals surface area contributed by atoms with Gasteiger partial charge in [-0.05, 0) is 44.0 Å². The second-order valence-electron chi connectivity index (χ2n) is 10.6. The Morgan fingerprint density at radius 1 is 0.927 bits per heavy atom. The van der Waals surface area contributed by atoms with Crippen molar-refractivity contribution in [2.45, 2.75) is 32.6 Å². The van der Waals surface area contributed by atoms with E-state index in [2.05, 4.69) is 0 Å². The summed E-state index contributed by atoms with van der Waals surface area (Å²) in [6, 6.07) is 20.8. The van der Waals surface area contributed by atoms with Gasteiger partial charge >= 0.3 is 5.97 Å². The third-order valence-electron chi connectivity index (χ3n) is 7.98. The molecule has 6 rings (SSSR count). The summed E-state index contributed by atoms with van der Waals surface area (Å²) in [5, 5.41) is 0.864. The Morgan fingerprint density at radius 2 is 1.59 bits per heavy atom. The van der Waals surface area contributed by atoms with Crippen molar-refractivity contribution >= 4 is 51.8 Å². The summed E-state index contributed by atoms with van der Waals surface area (Å²) in [6.45, 7) is 1.52. The van der Waals surface area contributed by atoms with Gasteiger partial charge in [-0.15, -0.1) is 0 Å². The Labute approximate surface area is 242 Å². The van der Waals surface area contributed by atoms with Crippen molar-refractivity contribution in [1.82, 2.24) is 4.98 Å². The lowest BCUT2D eigenvalue weighted by molar-refractivity contribution is -0.122. The summed E-state index contributed by atoms with van der Waals surface area (Å²) in [6.07, 6.45) is 3.43. The summed E-state index contributed by atoms with van der Waals surface area (Å²) >= 11 is 6.47. The van der Waals surface area contributed by atoms with Crippen molar-refractivity contribution in [3.63, 3.8) is 0 Å². The number of esters is 1. The number of amides is 2. The Balaban J connectivity index is 1.28. The number of carbonyl (C=O) groups excluding carboxylic acids is 4. The highest BCUT2D eigenvalue weighted by Crippen LogP contribution is 2.40. The first-order valence-electron chi connectivity index (χ1n) is 13.7. The van der Waals surface area contributed by atoms with Crippen LogP contribution in [0.25, 0.3) is 22.2 Å². The number of pyridine rings is 1. The lowest BCUT2D eigenvalue weighted by atomic mass is 9.81. The van der Waals surface area contributed by atoms with Crippen molar-refractivity contribution in [1.29, 1.82) is 0 Å². The first-order chi connectivity index (χ1) is 19.8. The van der Waals surface area contributed by atoms with Crippen molar-refractivity contribution in [2.24, 2.45) is 11.8 Å². The molecule has 8 heteroatoms. The highest BCUT2D eigenvalue weighted by molar-refractivity contribution is 6.35. The molecule has 206 valence electrons. The number of carbonyl (C=O) groups is 4. The number of halogens is 1. The average molecular weight is 567 g/mol. The van der Waals surface area contributed by atoms with Crippen LogP contribution in [0.5, 0.6) is 0 Å². The van der Waals surface area contributed by atoms with E-state index in [1.54, 1.807) is 60.7 Å². The van der Waals surface area contributed by atoms with Gasteiger partial charge in [0.05, 0.1) is 39.3 Å². The van der Waals surface area contributed by atoms with E-state index in [1.807, 2.05) is 19.1 Å². The molecule has 0 radical (unpaired) electrons. The monoisotopic (exact) mass is 566 g/mol. The number of hydrogen-bond donors (Lipinski definition) is 0. The fourth-order valence-corrected chi connectivity index (χ4v) is 5.98. The third-order valence-corrected chi connectivity index (χ3v) is 8.29. The molecule has 41 heavy (non-hydrogen) atoms. The number of aromatic nitrogens is 1. The number of anilines is 1. The predicted molar refractivity (Wildman–Crippen MR) is 156 cm³/mol. The molecule has 2 unspecified atom stereocenters. The third kappa shape index (κ3) is 5.02. The Hall–Kier alpha value is -4.36. The van der Waals surface area contributed by atoms with Crippen LogP contribution >= 0.6 is 11.6 Å². The van der Waals surface area contributed by atoms with Crippen molar-refractivity contribution in [2.75, 3.05) is 11.5 Å².